The molecule has 1 amide bonds. The average Bonchev–Trinajstić information content (AvgIpc) is 2.57. The molecule has 1 aromatic rings. The lowest BCUT2D eigenvalue weighted by Gasteiger charge is -2.26. The van der Waals surface area contributed by atoms with Gasteiger partial charge in [-0.2, -0.15) is 0 Å². The highest BCUT2D eigenvalue weighted by atomic mass is 79.9. The summed E-state index contributed by atoms with van der Waals surface area (Å²) in [5, 5.41) is 0.910. The van der Waals surface area contributed by atoms with Gasteiger partial charge in [0.15, 0.2) is 0 Å². The van der Waals surface area contributed by atoms with E-state index in [1.165, 1.54) is 0 Å². The number of amides is 1. The molecule has 1 rings (SSSR count). The largest absolute Gasteiger partial charge is 0.466 e. The van der Waals surface area contributed by atoms with Crippen molar-refractivity contribution in [3.8, 4) is 0 Å². The molecule has 0 fully saturated rings. The number of aryl methyl sites for hydroxylation is 2. The van der Waals surface area contributed by atoms with E-state index in [2.05, 4.69) is 15.9 Å². The third kappa shape index (κ3) is 3.60. The fourth-order valence-electron chi connectivity index (χ4n) is 1.82. The van der Waals surface area contributed by atoms with Gasteiger partial charge in [-0.25, -0.2) is 0 Å². The molecule has 1 heterocycles. The van der Waals surface area contributed by atoms with E-state index < -0.39 is 0 Å². The summed E-state index contributed by atoms with van der Waals surface area (Å²) in [4.78, 5) is 14.3. The van der Waals surface area contributed by atoms with Crippen molar-refractivity contribution in [3.63, 3.8) is 0 Å². The lowest BCUT2D eigenvalue weighted by Crippen LogP contribution is -2.38. The van der Waals surface area contributed by atoms with Crippen molar-refractivity contribution >= 4 is 21.8 Å². The second-order valence-corrected chi connectivity index (χ2v) is 5.25. The standard InChI is InChI=1S/C13H20BrNO2/c1-9(2)15(7-5-6-14)13(16)12-8-10(3)17-11(12)4/h8-9H,5-7H2,1-4H3. The van der Waals surface area contributed by atoms with Crippen LogP contribution < -0.4 is 0 Å². The smallest absolute Gasteiger partial charge is 0.257 e. The monoisotopic (exact) mass is 301 g/mol. The van der Waals surface area contributed by atoms with Crippen molar-refractivity contribution in [2.75, 3.05) is 11.9 Å². The van der Waals surface area contributed by atoms with E-state index in [-0.39, 0.29) is 11.9 Å². The quantitative estimate of drug-likeness (QED) is 0.780. The Bertz CT molecular complexity index is 385. The number of furan rings is 1. The summed E-state index contributed by atoms with van der Waals surface area (Å²) >= 11 is 3.39. The Morgan fingerprint density at radius 3 is 2.53 bits per heavy atom. The molecule has 0 atom stereocenters. The maximum atomic E-state index is 12.4. The van der Waals surface area contributed by atoms with Crippen molar-refractivity contribution in [2.24, 2.45) is 0 Å². The first-order chi connectivity index (χ1) is 7.97. The Morgan fingerprint density at radius 1 is 1.47 bits per heavy atom. The molecular weight excluding hydrogens is 282 g/mol. The molecule has 0 bridgehead atoms. The van der Waals surface area contributed by atoms with Crippen LogP contribution in [-0.2, 0) is 0 Å². The number of rotatable bonds is 5. The van der Waals surface area contributed by atoms with Gasteiger partial charge >= 0.3 is 0 Å². The van der Waals surface area contributed by atoms with Gasteiger partial charge in [-0.1, -0.05) is 15.9 Å². The first kappa shape index (κ1) is 14.3. The summed E-state index contributed by atoms with van der Waals surface area (Å²) < 4.78 is 5.41. The lowest BCUT2D eigenvalue weighted by atomic mass is 10.2. The number of hydrogen-bond acceptors (Lipinski definition) is 2. The summed E-state index contributed by atoms with van der Waals surface area (Å²) in [6.07, 6.45) is 0.958. The van der Waals surface area contributed by atoms with Crippen LogP contribution in [0.5, 0.6) is 0 Å². The Morgan fingerprint density at radius 2 is 2.12 bits per heavy atom. The molecule has 0 aliphatic carbocycles. The summed E-state index contributed by atoms with van der Waals surface area (Å²) in [5.74, 6) is 1.56. The van der Waals surface area contributed by atoms with Gasteiger partial charge in [0.05, 0.1) is 5.56 Å². The van der Waals surface area contributed by atoms with Gasteiger partial charge in [-0.3, -0.25) is 4.79 Å². The van der Waals surface area contributed by atoms with Gasteiger partial charge in [0.2, 0.25) is 0 Å². The van der Waals surface area contributed by atoms with Gasteiger partial charge in [0.1, 0.15) is 11.5 Å². The van der Waals surface area contributed by atoms with Crippen LogP contribution in [0.2, 0.25) is 0 Å². The Balaban J connectivity index is 2.87. The predicted octanol–water partition coefficient (Wildman–Crippen LogP) is 3.53. The highest BCUT2D eigenvalue weighted by Crippen LogP contribution is 2.17. The molecule has 96 valence electrons. The second kappa shape index (κ2) is 6.24. The van der Waals surface area contributed by atoms with Crippen LogP contribution in [0.15, 0.2) is 10.5 Å². The van der Waals surface area contributed by atoms with Crippen molar-refractivity contribution < 1.29 is 9.21 Å². The molecule has 0 spiro atoms. The van der Waals surface area contributed by atoms with E-state index in [1.807, 2.05) is 38.7 Å². The average molecular weight is 302 g/mol. The summed E-state index contributed by atoms with van der Waals surface area (Å²) in [6.45, 7) is 8.54. The normalized spacial score (nSPS) is 10.9. The number of carbonyl (C=O) groups excluding carboxylic acids is 1. The third-order valence-corrected chi connectivity index (χ3v) is 3.25. The van der Waals surface area contributed by atoms with E-state index >= 15 is 0 Å². The third-order valence-electron chi connectivity index (χ3n) is 2.69. The van der Waals surface area contributed by atoms with Gasteiger partial charge in [0.25, 0.3) is 5.91 Å². The van der Waals surface area contributed by atoms with Crippen molar-refractivity contribution in [2.45, 2.75) is 40.2 Å². The minimum Gasteiger partial charge on any atom is -0.466 e. The van der Waals surface area contributed by atoms with Crippen molar-refractivity contribution in [1.82, 2.24) is 4.90 Å². The number of hydrogen-bond donors (Lipinski definition) is 0. The van der Waals surface area contributed by atoms with Gasteiger partial charge in [-0.05, 0) is 40.2 Å². The first-order valence-corrected chi connectivity index (χ1v) is 7.03. The zero-order valence-corrected chi connectivity index (χ0v) is 12.5. The SMILES string of the molecule is Cc1cc(C(=O)N(CCCBr)C(C)C)c(C)o1. The maximum Gasteiger partial charge on any atom is 0.257 e. The zero-order valence-electron chi connectivity index (χ0n) is 10.9. The van der Waals surface area contributed by atoms with E-state index in [4.69, 9.17) is 4.42 Å². The number of carbonyl (C=O) groups is 1. The Hall–Kier alpha value is -0.770. The van der Waals surface area contributed by atoms with Crippen molar-refractivity contribution in [1.29, 1.82) is 0 Å². The lowest BCUT2D eigenvalue weighted by molar-refractivity contribution is 0.0705. The Kier molecular flexibility index (Phi) is 5.25. The van der Waals surface area contributed by atoms with Gasteiger partial charge in [0, 0.05) is 17.9 Å². The molecule has 0 N–H and O–H groups in total. The van der Waals surface area contributed by atoms with Crippen LogP contribution in [0.25, 0.3) is 0 Å². The first-order valence-electron chi connectivity index (χ1n) is 5.91. The zero-order chi connectivity index (χ0) is 13.0. The van der Waals surface area contributed by atoms with Crippen LogP contribution in [0.4, 0.5) is 0 Å². The second-order valence-electron chi connectivity index (χ2n) is 4.46. The van der Waals surface area contributed by atoms with Crippen LogP contribution in [-0.4, -0.2) is 28.7 Å². The summed E-state index contributed by atoms with van der Waals surface area (Å²) in [7, 11) is 0. The molecule has 0 aliphatic rings. The molecule has 4 heteroatoms. The van der Waals surface area contributed by atoms with E-state index in [9.17, 15) is 4.79 Å². The van der Waals surface area contributed by atoms with Crippen LogP contribution in [0.3, 0.4) is 0 Å². The molecule has 0 saturated heterocycles. The fraction of sp³-hybridized carbons (Fsp3) is 0.615. The predicted molar refractivity (Wildman–Crippen MR) is 72.8 cm³/mol. The highest BCUT2D eigenvalue weighted by Gasteiger charge is 2.22. The number of nitrogens with zero attached hydrogens (tertiary/aromatic N) is 1. The van der Waals surface area contributed by atoms with Crippen LogP contribution in [0, 0.1) is 13.8 Å². The fourth-order valence-corrected chi connectivity index (χ4v) is 2.07. The molecule has 0 unspecified atom stereocenters. The Labute approximate surface area is 111 Å². The molecule has 3 nitrogen and oxygen atoms in total. The molecule has 0 aromatic carbocycles. The van der Waals surface area contributed by atoms with Crippen LogP contribution in [0.1, 0.15) is 42.1 Å². The number of alkyl halides is 1. The minimum atomic E-state index is 0.0651. The minimum absolute atomic E-state index is 0.0651. The maximum absolute atomic E-state index is 12.4. The van der Waals surface area contributed by atoms with E-state index in [0.717, 1.165) is 24.1 Å². The summed E-state index contributed by atoms with van der Waals surface area (Å²) in [6, 6.07) is 2.03. The van der Waals surface area contributed by atoms with Gasteiger partial charge in [-0.15, -0.1) is 0 Å². The topological polar surface area (TPSA) is 33.5 Å². The van der Waals surface area contributed by atoms with Gasteiger partial charge < -0.3 is 9.32 Å². The molecule has 0 aliphatic heterocycles. The molecule has 0 saturated carbocycles. The highest BCUT2D eigenvalue weighted by molar-refractivity contribution is 9.09. The number of halogens is 1. The van der Waals surface area contributed by atoms with E-state index in [0.29, 0.717) is 11.3 Å². The molecular formula is C13H20BrNO2. The van der Waals surface area contributed by atoms with E-state index in [1.54, 1.807) is 0 Å². The van der Waals surface area contributed by atoms with Crippen molar-refractivity contribution in [3.05, 3.63) is 23.2 Å². The molecule has 17 heavy (non-hydrogen) atoms. The summed E-state index contributed by atoms with van der Waals surface area (Å²) in [5.41, 5.74) is 0.686. The molecule has 0 radical (unpaired) electrons. The molecule has 1 aromatic heterocycles. The van der Waals surface area contributed by atoms with Crippen LogP contribution >= 0.6 is 15.9 Å².